The summed E-state index contributed by atoms with van der Waals surface area (Å²) in [5, 5.41) is -0.817. The van der Waals surface area contributed by atoms with E-state index in [-0.39, 0.29) is 11.5 Å². The van der Waals surface area contributed by atoms with Crippen LogP contribution in [0.4, 0.5) is 0 Å². The Labute approximate surface area is 126 Å². The number of aryl methyl sites for hydroxylation is 1. The Balaban J connectivity index is 3.03. The van der Waals surface area contributed by atoms with Gasteiger partial charge in [-0.25, -0.2) is 8.42 Å². The second kappa shape index (κ2) is 7.10. The van der Waals surface area contributed by atoms with Gasteiger partial charge in [0.1, 0.15) is 5.25 Å². The summed E-state index contributed by atoms with van der Waals surface area (Å²) in [4.78, 5) is 4.35. The average molecular weight is 315 g/mol. The number of nitrogens with two attached hydrogens (primary N) is 1. The third-order valence-electron chi connectivity index (χ3n) is 3.04. The molecule has 1 aromatic heterocycles. The van der Waals surface area contributed by atoms with Crippen LogP contribution in [0.15, 0.2) is 18.2 Å². The first kappa shape index (κ1) is 17.0. The summed E-state index contributed by atoms with van der Waals surface area (Å²) in [5.41, 5.74) is 7.13. The number of rotatable bonds is 7. The van der Waals surface area contributed by atoms with E-state index in [9.17, 15) is 8.42 Å². The fourth-order valence-electron chi connectivity index (χ4n) is 1.99. The van der Waals surface area contributed by atoms with Crippen LogP contribution in [0.25, 0.3) is 0 Å². The van der Waals surface area contributed by atoms with Crippen molar-refractivity contribution >= 4 is 27.2 Å². The van der Waals surface area contributed by atoms with Crippen molar-refractivity contribution < 1.29 is 8.42 Å². The van der Waals surface area contributed by atoms with E-state index in [0.29, 0.717) is 18.7 Å². The Hall–Kier alpha value is -1.05. The molecular weight excluding hydrogens is 294 g/mol. The maximum absolute atomic E-state index is 12.6. The van der Waals surface area contributed by atoms with Gasteiger partial charge in [-0.05, 0) is 25.5 Å². The number of hydrogen-bond acceptors (Lipinski definition) is 4. The molecule has 7 heteroatoms. The van der Waals surface area contributed by atoms with Gasteiger partial charge in [-0.15, -0.1) is 0 Å². The van der Waals surface area contributed by atoms with Crippen LogP contribution in [0, 0.1) is 6.92 Å². The summed E-state index contributed by atoms with van der Waals surface area (Å²) in [6.45, 7) is 6.02. The summed E-state index contributed by atoms with van der Waals surface area (Å²) in [6.07, 6.45) is 0.370. The molecular formula is C13H21N3O2S2. The molecule has 1 atom stereocenters. The quantitative estimate of drug-likeness (QED) is 0.774. The molecule has 2 N–H and O–H groups in total. The molecule has 0 radical (unpaired) electrons. The standard InChI is InChI=1S/C13H21N3O2S2/c1-4-12(13(14)19)20(17,18)16(5-2)9-11-8-6-7-10(3)15-11/h6-8,12H,4-5,9H2,1-3H3,(H2,14,19). The van der Waals surface area contributed by atoms with E-state index in [4.69, 9.17) is 18.0 Å². The number of nitrogens with zero attached hydrogens (tertiary/aromatic N) is 2. The minimum atomic E-state index is -3.55. The molecule has 1 unspecified atom stereocenters. The van der Waals surface area contributed by atoms with Gasteiger partial charge in [0.05, 0.1) is 17.2 Å². The van der Waals surface area contributed by atoms with E-state index in [2.05, 4.69) is 4.98 Å². The zero-order chi connectivity index (χ0) is 15.3. The Bertz CT molecular complexity index is 573. The predicted molar refractivity (Wildman–Crippen MR) is 84.8 cm³/mol. The highest BCUT2D eigenvalue weighted by molar-refractivity contribution is 7.92. The van der Waals surface area contributed by atoms with Gasteiger partial charge in [0, 0.05) is 12.2 Å². The van der Waals surface area contributed by atoms with Crippen molar-refractivity contribution in [3.63, 3.8) is 0 Å². The molecule has 0 aromatic carbocycles. The monoisotopic (exact) mass is 315 g/mol. The molecule has 0 fully saturated rings. The minimum absolute atomic E-state index is 0.0168. The molecule has 112 valence electrons. The Morgan fingerprint density at radius 3 is 2.55 bits per heavy atom. The molecule has 1 heterocycles. The van der Waals surface area contributed by atoms with Crippen LogP contribution in [0.2, 0.25) is 0 Å². The number of pyridine rings is 1. The Morgan fingerprint density at radius 2 is 2.10 bits per heavy atom. The molecule has 0 spiro atoms. The lowest BCUT2D eigenvalue weighted by atomic mass is 10.3. The second-order valence-electron chi connectivity index (χ2n) is 4.54. The lowest BCUT2D eigenvalue weighted by molar-refractivity contribution is 0.415. The molecule has 0 saturated heterocycles. The van der Waals surface area contributed by atoms with Crippen molar-refractivity contribution in [2.75, 3.05) is 6.54 Å². The maximum atomic E-state index is 12.6. The van der Waals surface area contributed by atoms with E-state index in [1.807, 2.05) is 25.1 Å². The van der Waals surface area contributed by atoms with Gasteiger partial charge < -0.3 is 5.73 Å². The highest BCUT2D eigenvalue weighted by Crippen LogP contribution is 2.16. The van der Waals surface area contributed by atoms with Gasteiger partial charge in [-0.2, -0.15) is 4.31 Å². The first-order valence-corrected chi connectivity index (χ1v) is 8.44. The summed E-state index contributed by atoms with van der Waals surface area (Å²) < 4.78 is 26.5. The zero-order valence-corrected chi connectivity index (χ0v) is 13.7. The second-order valence-corrected chi connectivity index (χ2v) is 7.13. The van der Waals surface area contributed by atoms with Gasteiger partial charge in [-0.1, -0.05) is 32.1 Å². The van der Waals surface area contributed by atoms with Crippen LogP contribution in [-0.4, -0.2) is 34.5 Å². The molecule has 0 aliphatic carbocycles. The number of sulfonamides is 1. The molecule has 20 heavy (non-hydrogen) atoms. The van der Waals surface area contributed by atoms with E-state index in [1.165, 1.54) is 4.31 Å². The van der Waals surface area contributed by atoms with Crippen molar-refractivity contribution in [1.29, 1.82) is 0 Å². The third kappa shape index (κ3) is 3.97. The van der Waals surface area contributed by atoms with Gasteiger partial charge >= 0.3 is 0 Å². The molecule has 0 amide bonds. The zero-order valence-electron chi connectivity index (χ0n) is 12.0. The molecule has 0 aliphatic rings. The van der Waals surface area contributed by atoms with Crippen molar-refractivity contribution in [2.24, 2.45) is 5.73 Å². The predicted octanol–water partition coefficient (Wildman–Crippen LogP) is 1.61. The smallest absolute Gasteiger partial charge is 0.223 e. The highest BCUT2D eigenvalue weighted by Gasteiger charge is 2.32. The SMILES string of the molecule is CCC(C(N)=S)S(=O)(=O)N(CC)Cc1cccc(C)n1. The number of thiocarbonyl (C=S) groups is 1. The van der Waals surface area contributed by atoms with Crippen molar-refractivity contribution in [3.8, 4) is 0 Å². The third-order valence-corrected chi connectivity index (χ3v) is 5.89. The fraction of sp³-hybridized carbons (Fsp3) is 0.538. The van der Waals surface area contributed by atoms with E-state index in [1.54, 1.807) is 13.8 Å². The van der Waals surface area contributed by atoms with Crippen LogP contribution in [0.1, 0.15) is 31.7 Å². The van der Waals surface area contributed by atoms with Crippen LogP contribution < -0.4 is 5.73 Å². The molecule has 5 nitrogen and oxygen atoms in total. The van der Waals surface area contributed by atoms with Crippen LogP contribution in [0.5, 0.6) is 0 Å². The largest absolute Gasteiger partial charge is 0.392 e. The summed E-state index contributed by atoms with van der Waals surface area (Å²) in [7, 11) is -3.55. The number of aromatic nitrogens is 1. The fourth-order valence-corrected chi connectivity index (χ4v) is 4.27. The van der Waals surface area contributed by atoms with Crippen molar-refractivity contribution in [1.82, 2.24) is 9.29 Å². The first-order valence-electron chi connectivity index (χ1n) is 6.53. The maximum Gasteiger partial charge on any atom is 0.223 e. The summed E-state index contributed by atoms with van der Waals surface area (Å²) in [5.74, 6) is 0. The Morgan fingerprint density at radius 1 is 1.45 bits per heavy atom. The van der Waals surface area contributed by atoms with Gasteiger partial charge in [-0.3, -0.25) is 4.98 Å². The lowest BCUT2D eigenvalue weighted by Gasteiger charge is -2.25. The van der Waals surface area contributed by atoms with Crippen LogP contribution in [0.3, 0.4) is 0 Å². The minimum Gasteiger partial charge on any atom is -0.392 e. The molecule has 0 bridgehead atoms. The topological polar surface area (TPSA) is 76.3 Å². The molecule has 0 aliphatic heterocycles. The molecule has 1 rings (SSSR count). The van der Waals surface area contributed by atoms with Gasteiger partial charge in [0.15, 0.2) is 0 Å². The molecule has 0 saturated carbocycles. The van der Waals surface area contributed by atoms with Gasteiger partial charge in [0.25, 0.3) is 0 Å². The summed E-state index contributed by atoms with van der Waals surface area (Å²) >= 11 is 4.87. The highest BCUT2D eigenvalue weighted by atomic mass is 32.2. The van der Waals surface area contributed by atoms with Gasteiger partial charge in [0.2, 0.25) is 10.0 Å². The van der Waals surface area contributed by atoms with Crippen LogP contribution in [-0.2, 0) is 16.6 Å². The Kier molecular flexibility index (Phi) is 6.04. The average Bonchev–Trinajstić information content (AvgIpc) is 2.35. The van der Waals surface area contributed by atoms with E-state index < -0.39 is 15.3 Å². The van der Waals surface area contributed by atoms with Crippen LogP contribution >= 0.6 is 12.2 Å². The number of hydrogen-bond donors (Lipinski definition) is 1. The van der Waals surface area contributed by atoms with E-state index in [0.717, 1.165) is 5.69 Å². The first-order chi connectivity index (χ1) is 9.32. The molecule has 1 aromatic rings. The summed E-state index contributed by atoms with van der Waals surface area (Å²) in [6, 6.07) is 5.55. The normalized spacial score (nSPS) is 13.4. The van der Waals surface area contributed by atoms with Crippen molar-refractivity contribution in [3.05, 3.63) is 29.6 Å². The van der Waals surface area contributed by atoms with E-state index >= 15 is 0 Å². The lowest BCUT2D eigenvalue weighted by Crippen LogP contribution is -2.44. The van der Waals surface area contributed by atoms with Crippen molar-refractivity contribution in [2.45, 2.75) is 39.0 Å².